The van der Waals surface area contributed by atoms with Gasteiger partial charge in [0.05, 0.1) is 0 Å². The Labute approximate surface area is 156 Å². The van der Waals surface area contributed by atoms with Crippen molar-refractivity contribution in [2.24, 2.45) is 0 Å². The molecule has 0 saturated carbocycles. The van der Waals surface area contributed by atoms with E-state index in [2.05, 4.69) is 45.8 Å². The zero-order valence-electron chi connectivity index (χ0n) is 17.6. The largest absolute Gasteiger partial charge is 0.500 e. The smallest absolute Gasteiger partial charge is 0.439 e. The molecule has 0 aromatic heterocycles. The van der Waals surface area contributed by atoms with Crippen molar-refractivity contribution in [3.63, 3.8) is 0 Å². The van der Waals surface area contributed by atoms with Crippen LogP contribution in [0.15, 0.2) is 0 Å². The van der Waals surface area contributed by atoms with Crippen molar-refractivity contribution in [1.29, 1.82) is 0 Å². The van der Waals surface area contributed by atoms with Gasteiger partial charge in [-0.1, -0.05) is 13.1 Å². The monoisotopic (exact) mass is 432 g/mol. The first-order valence-electron chi connectivity index (χ1n) is 8.53. The van der Waals surface area contributed by atoms with Crippen LogP contribution in [0, 0.1) is 0 Å². The molecule has 0 aliphatic carbocycles. The summed E-state index contributed by atoms with van der Waals surface area (Å²) in [4.78, 5) is 0. The maximum absolute atomic E-state index is 6.22. The zero-order chi connectivity index (χ0) is 19.4. The fourth-order valence-corrected chi connectivity index (χ4v) is 14.6. The summed E-state index contributed by atoms with van der Waals surface area (Å²) in [6.45, 7) is 15.2. The molecular weight excluding hydrogens is 393 g/mol. The normalized spacial score (nSPS) is 16.1. The van der Waals surface area contributed by atoms with E-state index in [0.29, 0.717) is 15.6 Å². The van der Waals surface area contributed by atoms with Crippen molar-refractivity contribution in [1.82, 2.24) is 0 Å². The third kappa shape index (κ3) is 12.2. The second-order valence-corrected chi connectivity index (χ2v) is 21.7. The Kier molecular flexibility index (Phi) is 14.8. The zero-order valence-corrected chi connectivity index (χ0v) is 23.2. The molecule has 0 heterocycles. The van der Waals surface area contributed by atoms with Gasteiger partial charge in [0.15, 0.2) is 8.32 Å². The summed E-state index contributed by atoms with van der Waals surface area (Å²) >= 11 is 0. The minimum absolute atomic E-state index is 0.417. The summed E-state index contributed by atoms with van der Waals surface area (Å²) < 4.78 is 34.3. The maximum atomic E-state index is 6.22. The molecule has 0 spiro atoms. The highest BCUT2D eigenvalue weighted by Crippen LogP contribution is 2.24. The van der Waals surface area contributed by atoms with Crippen molar-refractivity contribution in [3.05, 3.63) is 0 Å². The van der Waals surface area contributed by atoms with Gasteiger partial charge in [-0.3, -0.25) is 0 Å². The van der Waals surface area contributed by atoms with Crippen molar-refractivity contribution in [2.45, 2.75) is 57.9 Å². The maximum Gasteiger partial charge on any atom is 0.500 e. The first-order chi connectivity index (χ1) is 11.0. The van der Waals surface area contributed by atoms with Crippen LogP contribution < -0.4 is 0 Å². The third-order valence-corrected chi connectivity index (χ3v) is 15.9. The first-order valence-corrected chi connectivity index (χ1v) is 21.3. The van der Waals surface area contributed by atoms with Gasteiger partial charge in [-0.05, 0) is 38.8 Å². The van der Waals surface area contributed by atoms with Gasteiger partial charge in [-0.2, -0.15) is 0 Å². The molecule has 0 amide bonds. The van der Waals surface area contributed by atoms with E-state index in [-0.39, 0.29) is 0 Å². The van der Waals surface area contributed by atoms with Crippen molar-refractivity contribution >= 4 is 44.5 Å². The van der Waals surface area contributed by atoms with E-state index in [1.165, 1.54) is 0 Å². The van der Waals surface area contributed by atoms with Crippen molar-refractivity contribution < 1.29 is 25.9 Å². The van der Waals surface area contributed by atoms with Gasteiger partial charge in [0, 0.05) is 44.0 Å². The first kappa shape index (κ1) is 27.1. The molecule has 0 aromatic carbocycles. The minimum atomic E-state index is -2.58. The molecule has 0 rings (SSSR count). The standard InChI is InChI=1S/C11H32O6Si4.C2H8Si/c1-12-20(9,17-18(5)16-19(6,7)8)10-11-21(13-2,14-3)15-4;1-3-2/h18H,10-11H2,1-9H3;3H2,1-2H3. The Hall–Kier alpha value is 0.844. The van der Waals surface area contributed by atoms with E-state index in [0.717, 1.165) is 6.04 Å². The molecule has 0 fully saturated rings. The summed E-state index contributed by atoms with van der Waals surface area (Å²) in [5.41, 5.74) is 0. The highest BCUT2D eigenvalue weighted by atomic mass is 28.5. The topological polar surface area (TPSA) is 55.4 Å². The van der Waals surface area contributed by atoms with E-state index < -0.39 is 35.0 Å². The lowest BCUT2D eigenvalue weighted by Gasteiger charge is -2.33. The van der Waals surface area contributed by atoms with Gasteiger partial charge in [0.25, 0.3) is 9.28 Å². The van der Waals surface area contributed by atoms with Crippen LogP contribution in [0.3, 0.4) is 0 Å². The Morgan fingerprint density at radius 3 is 1.46 bits per heavy atom. The Balaban J connectivity index is 0. The van der Waals surface area contributed by atoms with Gasteiger partial charge < -0.3 is 25.9 Å². The van der Waals surface area contributed by atoms with Crippen LogP contribution in [-0.2, 0) is 25.9 Å². The quantitative estimate of drug-likeness (QED) is 0.468. The lowest BCUT2D eigenvalue weighted by Crippen LogP contribution is -2.49. The van der Waals surface area contributed by atoms with Crippen LogP contribution in [0.5, 0.6) is 0 Å². The molecule has 6 nitrogen and oxygen atoms in total. The van der Waals surface area contributed by atoms with E-state index in [1.807, 2.05) is 0 Å². The summed E-state index contributed by atoms with van der Waals surface area (Å²) in [7, 11) is -1.15. The molecule has 0 N–H and O–H groups in total. The lowest BCUT2D eigenvalue weighted by atomic mass is 10.9. The van der Waals surface area contributed by atoms with E-state index >= 15 is 0 Å². The summed E-state index contributed by atoms with van der Waals surface area (Å²) in [5, 5.41) is 0. The average molecular weight is 433 g/mol. The fourth-order valence-electron chi connectivity index (χ4n) is 2.02. The molecule has 0 aliphatic rings. The van der Waals surface area contributed by atoms with Crippen LogP contribution in [0.2, 0.25) is 57.9 Å². The summed E-state index contributed by atoms with van der Waals surface area (Å²) in [5.74, 6) is 0. The molecule has 0 aromatic rings. The minimum Gasteiger partial charge on any atom is -0.439 e. The third-order valence-electron chi connectivity index (χ3n) is 3.18. The highest BCUT2D eigenvalue weighted by molar-refractivity contribution is 6.80. The molecule has 2 unspecified atom stereocenters. The van der Waals surface area contributed by atoms with E-state index in [9.17, 15) is 0 Å². The SMILES string of the molecule is CO[Si](C)(CC[Si](OC)(OC)OC)O[SiH](C)O[Si](C)(C)C.C[SiH2]C. The second kappa shape index (κ2) is 13.1. The molecule has 148 valence electrons. The van der Waals surface area contributed by atoms with Crippen molar-refractivity contribution in [2.75, 3.05) is 28.4 Å². The van der Waals surface area contributed by atoms with Gasteiger partial charge in [-0.15, -0.1) is 0 Å². The predicted octanol–water partition coefficient (Wildman–Crippen LogP) is 2.55. The lowest BCUT2D eigenvalue weighted by molar-refractivity contribution is 0.124. The molecule has 0 aliphatic heterocycles. The van der Waals surface area contributed by atoms with Crippen LogP contribution in [-0.4, -0.2) is 72.9 Å². The number of hydrogen-bond donors (Lipinski definition) is 0. The molecule has 2 atom stereocenters. The second-order valence-electron chi connectivity index (χ2n) is 6.76. The molecular formula is C13H40O6Si5. The number of rotatable bonds is 11. The van der Waals surface area contributed by atoms with E-state index in [4.69, 9.17) is 25.9 Å². The van der Waals surface area contributed by atoms with Crippen LogP contribution in [0.25, 0.3) is 0 Å². The van der Waals surface area contributed by atoms with Gasteiger partial charge in [0.2, 0.25) is 0 Å². The van der Waals surface area contributed by atoms with Gasteiger partial charge in [-0.25, -0.2) is 0 Å². The van der Waals surface area contributed by atoms with Crippen molar-refractivity contribution in [3.8, 4) is 0 Å². The van der Waals surface area contributed by atoms with Gasteiger partial charge in [0.1, 0.15) is 0 Å². The molecule has 24 heavy (non-hydrogen) atoms. The fraction of sp³-hybridized carbons (Fsp3) is 1.00. The van der Waals surface area contributed by atoms with Crippen LogP contribution >= 0.6 is 0 Å². The number of hydrogen-bond acceptors (Lipinski definition) is 6. The molecule has 0 radical (unpaired) electrons. The Morgan fingerprint density at radius 1 is 0.750 bits per heavy atom. The van der Waals surface area contributed by atoms with Gasteiger partial charge >= 0.3 is 17.4 Å². The molecule has 0 bridgehead atoms. The summed E-state index contributed by atoms with van der Waals surface area (Å²) in [6, 6.07) is 1.44. The van der Waals surface area contributed by atoms with E-state index in [1.54, 1.807) is 28.4 Å². The predicted molar refractivity (Wildman–Crippen MR) is 114 cm³/mol. The Bertz CT molecular complexity index is 305. The van der Waals surface area contributed by atoms with Crippen LogP contribution in [0.4, 0.5) is 0 Å². The Morgan fingerprint density at radius 2 is 1.17 bits per heavy atom. The molecule has 0 saturated heterocycles. The average Bonchev–Trinajstić information content (AvgIpc) is 2.48. The summed E-state index contributed by atoms with van der Waals surface area (Å²) in [6.07, 6.45) is 0. The van der Waals surface area contributed by atoms with Crippen LogP contribution in [0.1, 0.15) is 0 Å². The highest BCUT2D eigenvalue weighted by Gasteiger charge is 2.43. The molecule has 11 heteroatoms.